The van der Waals surface area contributed by atoms with Gasteiger partial charge < -0.3 is 9.84 Å². The van der Waals surface area contributed by atoms with Gasteiger partial charge >= 0.3 is 0 Å². The number of rotatable bonds is 6. The number of hydroxylamine groups is 1. The van der Waals surface area contributed by atoms with Crippen molar-refractivity contribution in [3.8, 4) is 0 Å². The summed E-state index contributed by atoms with van der Waals surface area (Å²) in [6.45, 7) is 0.163. The normalized spacial score (nSPS) is 20.1. The van der Waals surface area contributed by atoms with Crippen molar-refractivity contribution in [2.24, 2.45) is 0 Å². The van der Waals surface area contributed by atoms with Crippen molar-refractivity contribution in [1.82, 2.24) is 14.1 Å². The molecule has 10 heteroatoms. The molecule has 0 aromatic carbocycles. The zero-order chi connectivity index (χ0) is 15.4. The standard InChI is InChI=1S/C10H22N4O5S/c1-13(2)20(17,18)14-5-3-10(4-6-14,9(11)12-16)19-8-7-15/h15-16H,3-8H2,1-2H3,(H2,11,12). The van der Waals surface area contributed by atoms with E-state index in [1.54, 1.807) is 5.48 Å². The number of hydrogen-bond donors (Lipinski definition) is 4. The number of amidine groups is 1. The van der Waals surface area contributed by atoms with E-state index in [1.165, 1.54) is 18.4 Å². The van der Waals surface area contributed by atoms with Crippen LogP contribution in [0.25, 0.3) is 0 Å². The second kappa shape index (κ2) is 6.78. The monoisotopic (exact) mass is 310 g/mol. The lowest BCUT2D eigenvalue weighted by Gasteiger charge is -2.41. The lowest BCUT2D eigenvalue weighted by Crippen LogP contribution is -2.56. The number of aliphatic hydroxyl groups is 1. The minimum Gasteiger partial charge on any atom is -0.394 e. The van der Waals surface area contributed by atoms with Crippen LogP contribution in [0.2, 0.25) is 0 Å². The average Bonchev–Trinajstić information content (AvgIpc) is 2.44. The Morgan fingerprint density at radius 2 is 2.00 bits per heavy atom. The lowest BCUT2D eigenvalue weighted by molar-refractivity contribution is -0.0450. The second-order valence-corrected chi connectivity index (χ2v) is 6.88. The molecule has 1 aliphatic heterocycles. The van der Waals surface area contributed by atoms with Crippen molar-refractivity contribution < 1.29 is 23.5 Å². The Morgan fingerprint density at radius 3 is 2.40 bits per heavy atom. The highest BCUT2D eigenvalue weighted by Crippen LogP contribution is 2.28. The van der Waals surface area contributed by atoms with Gasteiger partial charge in [-0.25, -0.2) is 0 Å². The Kier molecular flexibility index (Phi) is 5.86. The molecule has 0 aromatic rings. The quantitative estimate of drug-likeness (QED) is 0.271. The fourth-order valence-electron chi connectivity index (χ4n) is 2.12. The van der Waals surface area contributed by atoms with E-state index in [-0.39, 0.29) is 45.0 Å². The molecule has 0 unspecified atom stereocenters. The van der Waals surface area contributed by atoms with E-state index in [0.29, 0.717) is 0 Å². The predicted molar refractivity (Wildman–Crippen MR) is 71.8 cm³/mol. The third kappa shape index (κ3) is 3.45. The number of nitrogens with zero attached hydrogens (tertiary/aromatic N) is 2. The van der Waals surface area contributed by atoms with Crippen LogP contribution in [0.5, 0.6) is 0 Å². The van der Waals surface area contributed by atoms with Gasteiger partial charge in [0, 0.05) is 27.2 Å². The molecule has 4 N–H and O–H groups in total. The Balaban J connectivity index is 2.81. The Morgan fingerprint density at radius 1 is 1.45 bits per heavy atom. The molecule has 20 heavy (non-hydrogen) atoms. The zero-order valence-electron chi connectivity index (χ0n) is 11.7. The first-order valence-electron chi connectivity index (χ1n) is 6.22. The van der Waals surface area contributed by atoms with Crippen molar-refractivity contribution >= 4 is 16.0 Å². The molecule has 1 fully saturated rings. The Bertz CT molecular complexity index is 431. The van der Waals surface area contributed by atoms with Crippen molar-refractivity contribution in [2.75, 3.05) is 40.4 Å². The van der Waals surface area contributed by atoms with Crippen LogP contribution in [-0.4, -0.2) is 79.2 Å². The minimum atomic E-state index is -3.49. The second-order valence-electron chi connectivity index (χ2n) is 4.74. The van der Waals surface area contributed by atoms with Gasteiger partial charge in [-0.05, 0) is 12.8 Å². The summed E-state index contributed by atoms with van der Waals surface area (Å²) in [6, 6.07) is 0. The highest BCUT2D eigenvalue weighted by atomic mass is 32.2. The fourth-order valence-corrected chi connectivity index (χ4v) is 3.22. The van der Waals surface area contributed by atoms with Gasteiger partial charge in [-0.3, -0.25) is 16.1 Å². The van der Waals surface area contributed by atoms with E-state index < -0.39 is 15.8 Å². The molecule has 118 valence electrons. The van der Waals surface area contributed by atoms with E-state index in [0.717, 1.165) is 4.31 Å². The summed E-state index contributed by atoms with van der Waals surface area (Å²) in [5.41, 5.74) is 0.672. The summed E-state index contributed by atoms with van der Waals surface area (Å²) >= 11 is 0. The SMILES string of the molecule is CN(C)S(=O)(=O)N1CCC(OCCO)(C(=N)NO)CC1. The molecule has 0 radical (unpaired) electrons. The van der Waals surface area contributed by atoms with Crippen LogP contribution in [0.1, 0.15) is 12.8 Å². The predicted octanol–water partition coefficient (Wildman–Crippen LogP) is -1.41. The summed E-state index contributed by atoms with van der Waals surface area (Å²) in [5, 5.41) is 25.5. The van der Waals surface area contributed by atoms with E-state index in [9.17, 15) is 8.42 Å². The van der Waals surface area contributed by atoms with E-state index >= 15 is 0 Å². The first-order valence-corrected chi connectivity index (χ1v) is 7.61. The zero-order valence-corrected chi connectivity index (χ0v) is 12.5. The van der Waals surface area contributed by atoms with Gasteiger partial charge in [0.2, 0.25) is 0 Å². The molecule has 1 aliphatic rings. The van der Waals surface area contributed by atoms with Crippen molar-refractivity contribution in [2.45, 2.75) is 18.4 Å². The average molecular weight is 310 g/mol. The Labute approximate surface area is 118 Å². The van der Waals surface area contributed by atoms with Gasteiger partial charge in [0.05, 0.1) is 13.2 Å². The lowest BCUT2D eigenvalue weighted by atomic mass is 9.91. The summed E-state index contributed by atoms with van der Waals surface area (Å²) in [7, 11) is -0.584. The molecule has 0 bridgehead atoms. The van der Waals surface area contributed by atoms with Crippen LogP contribution < -0.4 is 5.48 Å². The number of piperidine rings is 1. The molecule has 1 heterocycles. The molecular weight excluding hydrogens is 288 g/mol. The highest BCUT2D eigenvalue weighted by Gasteiger charge is 2.42. The molecule has 0 aromatic heterocycles. The first-order chi connectivity index (χ1) is 9.30. The molecule has 0 saturated carbocycles. The third-order valence-electron chi connectivity index (χ3n) is 3.35. The third-order valence-corrected chi connectivity index (χ3v) is 5.30. The Hall–Kier alpha value is -0.780. The number of nitrogens with one attached hydrogen (secondary N) is 2. The largest absolute Gasteiger partial charge is 0.394 e. The van der Waals surface area contributed by atoms with Crippen LogP contribution in [0.15, 0.2) is 0 Å². The van der Waals surface area contributed by atoms with Crippen LogP contribution in [0.4, 0.5) is 0 Å². The van der Waals surface area contributed by atoms with Crippen molar-refractivity contribution in [3.63, 3.8) is 0 Å². The van der Waals surface area contributed by atoms with Gasteiger partial charge in [-0.15, -0.1) is 0 Å². The van der Waals surface area contributed by atoms with E-state index in [2.05, 4.69) is 0 Å². The molecule has 9 nitrogen and oxygen atoms in total. The molecular formula is C10H22N4O5S. The van der Waals surface area contributed by atoms with E-state index in [1.807, 2.05) is 0 Å². The molecule has 1 rings (SSSR count). The van der Waals surface area contributed by atoms with Gasteiger partial charge in [-0.2, -0.15) is 17.0 Å². The van der Waals surface area contributed by atoms with Crippen LogP contribution in [0.3, 0.4) is 0 Å². The molecule has 0 spiro atoms. The summed E-state index contributed by atoms with van der Waals surface area (Å²) in [6.07, 6.45) is 0.457. The summed E-state index contributed by atoms with van der Waals surface area (Å²) in [5.74, 6) is -0.229. The molecule has 0 amide bonds. The smallest absolute Gasteiger partial charge is 0.281 e. The van der Waals surface area contributed by atoms with Gasteiger partial charge in [-0.1, -0.05) is 0 Å². The van der Waals surface area contributed by atoms with Crippen molar-refractivity contribution in [3.05, 3.63) is 0 Å². The topological polar surface area (TPSA) is 126 Å². The van der Waals surface area contributed by atoms with E-state index in [4.69, 9.17) is 20.5 Å². The van der Waals surface area contributed by atoms with Crippen LogP contribution in [0, 0.1) is 5.41 Å². The molecule has 0 atom stereocenters. The molecule has 1 saturated heterocycles. The van der Waals surface area contributed by atoms with Crippen molar-refractivity contribution in [1.29, 1.82) is 5.41 Å². The fraction of sp³-hybridized carbons (Fsp3) is 0.900. The molecule has 0 aliphatic carbocycles. The minimum absolute atomic E-state index is 0.0183. The number of hydrogen-bond acceptors (Lipinski definition) is 6. The highest BCUT2D eigenvalue weighted by molar-refractivity contribution is 7.86. The van der Waals surface area contributed by atoms with Gasteiger partial charge in [0.15, 0.2) is 5.84 Å². The summed E-state index contributed by atoms with van der Waals surface area (Å²) < 4.78 is 31.9. The van der Waals surface area contributed by atoms with Gasteiger partial charge in [0.1, 0.15) is 5.60 Å². The summed E-state index contributed by atoms with van der Waals surface area (Å²) in [4.78, 5) is 0. The maximum atomic E-state index is 12.0. The maximum Gasteiger partial charge on any atom is 0.281 e. The van der Waals surface area contributed by atoms with Crippen LogP contribution >= 0.6 is 0 Å². The van der Waals surface area contributed by atoms with Gasteiger partial charge in [0.25, 0.3) is 10.2 Å². The first kappa shape index (κ1) is 17.3. The number of ether oxygens (including phenoxy) is 1. The maximum absolute atomic E-state index is 12.0. The van der Waals surface area contributed by atoms with Crippen LogP contribution in [-0.2, 0) is 14.9 Å². The number of aliphatic hydroxyl groups excluding tert-OH is 1.